The van der Waals surface area contributed by atoms with E-state index < -0.39 is 0 Å². The molecule has 2 heterocycles. The van der Waals surface area contributed by atoms with Crippen LogP contribution in [0.5, 0.6) is 5.75 Å². The predicted molar refractivity (Wildman–Crippen MR) is 107 cm³/mol. The summed E-state index contributed by atoms with van der Waals surface area (Å²) in [6.45, 7) is 5.90. The van der Waals surface area contributed by atoms with E-state index in [1.54, 1.807) is 0 Å². The summed E-state index contributed by atoms with van der Waals surface area (Å²) in [6.07, 6.45) is 0.769. The van der Waals surface area contributed by atoms with E-state index in [1.165, 1.54) is 0 Å². The van der Waals surface area contributed by atoms with Crippen LogP contribution in [0.25, 0.3) is 0 Å². The Morgan fingerprint density at radius 2 is 1.78 bits per heavy atom. The molecule has 0 N–H and O–H groups in total. The number of carbonyl (C=O) groups excluding carboxylic acids is 1. The smallest absolute Gasteiger partial charge is 0.229 e. The average Bonchev–Trinajstić information content (AvgIpc) is 2.73. The van der Waals surface area contributed by atoms with E-state index in [1.807, 2.05) is 41.3 Å². The normalized spacial score (nSPS) is 21.3. The Labute approximate surface area is 165 Å². The zero-order chi connectivity index (χ0) is 18.8. The first-order valence-corrected chi connectivity index (χ1v) is 9.99. The molecule has 0 bridgehead atoms. The quantitative estimate of drug-likeness (QED) is 0.807. The molecule has 4 rings (SSSR count). The van der Waals surface area contributed by atoms with Gasteiger partial charge >= 0.3 is 0 Å². The highest BCUT2D eigenvalue weighted by Gasteiger charge is 2.32. The zero-order valence-electron chi connectivity index (χ0n) is 15.6. The number of hydrogen-bond donors (Lipinski definition) is 0. The molecule has 27 heavy (non-hydrogen) atoms. The molecule has 0 aliphatic carbocycles. The van der Waals surface area contributed by atoms with E-state index in [0.717, 1.165) is 54.5 Å². The molecule has 1 saturated heterocycles. The summed E-state index contributed by atoms with van der Waals surface area (Å²) in [6, 6.07) is 16.3. The fourth-order valence-corrected chi connectivity index (χ4v) is 4.38. The van der Waals surface area contributed by atoms with Gasteiger partial charge in [-0.1, -0.05) is 48.0 Å². The molecule has 0 radical (unpaired) electrons. The zero-order valence-corrected chi connectivity index (χ0v) is 16.4. The van der Waals surface area contributed by atoms with Crippen molar-refractivity contribution in [1.29, 1.82) is 0 Å². The van der Waals surface area contributed by atoms with Gasteiger partial charge in [0.2, 0.25) is 5.91 Å². The first-order chi connectivity index (χ1) is 13.1. The topological polar surface area (TPSA) is 32.8 Å². The van der Waals surface area contributed by atoms with Crippen LogP contribution in [-0.2, 0) is 11.2 Å². The van der Waals surface area contributed by atoms with E-state index in [9.17, 15) is 4.79 Å². The standard InChI is InChI=1S/C22H25ClN2O2/c1-16(19-7-3-4-8-20(19)23)24-10-12-25(13-11-24)22(26)18-14-17-6-2-5-9-21(17)27-15-18/h2-9,16,18H,10-15H2,1H3. The summed E-state index contributed by atoms with van der Waals surface area (Å²) >= 11 is 6.36. The number of rotatable bonds is 3. The molecular weight excluding hydrogens is 360 g/mol. The first kappa shape index (κ1) is 18.3. The number of halogens is 1. The van der Waals surface area contributed by atoms with Gasteiger partial charge in [0.05, 0.1) is 5.92 Å². The van der Waals surface area contributed by atoms with Crippen LogP contribution < -0.4 is 4.74 Å². The Kier molecular flexibility index (Phi) is 5.37. The van der Waals surface area contributed by atoms with Crippen LogP contribution in [0.15, 0.2) is 48.5 Å². The lowest BCUT2D eigenvalue weighted by Crippen LogP contribution is -2.52. The van der Waals surface area contributed by atoms with Crippen molar-refractivity contribution in [2.75, 3.05) is 32.8 Å². The van der Waals surface area contributed by atoms with E-state index in [4.69, 9.17) is 16.3 Å². The van der Waals surface area contributed by atoms with Crippen molar-refractivity contribution in [2.24, 2.45) is 5.92 Å². The number of nitrogens with zero attached hydrogens (tertiary/aromatic N) is 2. The molecule has 2 atom stereocenters. The summed E-state index contributed by atoms with van der Waals surface area (Å²) in [4.78, 5) is 17.4. The highest BCUT2D eigenvalue weighted by molar-refractivity contribution is 6.31. The van der Waals surface area contributed by atoms with Crippen LogP contribution in [-0.4, -0.2) is 48.5 Å². The minimum atomic E-state index is -0.0764. The predicted octanol–water partition coefficient (Wildman–Crippen LogP) is 3.80. The molecule has 0 aromatic heterocycles. The average molecular weight is 385 g/mol. The first-order valence-electron chi connectivity index (χ1n) is 9.61. The van der Waals surface area contributed by atoms with Crippen molar-refractivity contribution in [1.82, 2.24) is 9.80 Å². The number of piperazine rings is 1. The molecule has 2 unspecified atom stereocenters. The fourth-order valence-electron chi connectivity index (χ4n) is 4.09. The van der Waals surface area contributed by atoms with E-state index in [-0.39, 0.29) is 17.9 Å². The van der Waals surface area contributed by atoms with Gasteiger partial charge in [0.15, 0.2) is 0 Å². The van der Waals surface area contributed by atoms with Crippen LogP contribution in [0.3, 0.4) is 0 Å². The minimum Gasteiger partial charge on any atom is -0.492 e. The molecule has 2 aromatic rings. The second kappa shape index (κ2) is 7.91. The number of amides is 1. The summed E-state index contributed by atoms with van der Waals surface area (Å²) in [5.41, 5.74) is 2.28. The lowest BCUT2D eigenvalue weighted by atomic mass is 9.95. The van der Waals surface area contributed by atoms with Crippen LogP contribution >= 0.6 is 11.6 Å². The molecular formula is C22H25ClN2O2. The van der Waals surface area contributed by atoms with Gasteiger partial charge in [-0.15, -0.1) is 0 Å². The Balaban J connectivity index is 1.35. The molecule has 1 amide bonds. The third-order valence-corrected chi connectivity index (χ3v) is 6.10. The Bertz CT molecular complexity index is 817. The fraction of sp³-hybridized carbons (Fsp3) is 0.409. The van der Waals surface area contributed by atoms with E-state index >= 15 is 0 Å². The van der Waals surface area contributed by atoms with Gasteiger partial charge in [0.1, 0.15) is 12.4 Å². The highest BCUT2D eigenvalue weighted by atomic mass is 35.5. The highest BCUT2D eigenvalue weighted by Crippen LogP contribution is 2.30. The minimum absolute atomic E-state index is 0.0764. The van der Waals surface area contributed by atoms with Gasteiger partial charge in [-0.25, -0.2) is 0 Å². The van der Waals surface area contributed by atoms with Crippen molar-refractivity contribution in [3.63, 3.8) is 0 Å². The van der Waals surface area contributed by atoms with Crippen molar-refractivity contribution in [3.05, 3.63) is 64.7 Å². The number of benzene rings is 2. The van der Waals surface area contributed by atoms with Gasteiger partial charge < -0.3 is 9.64 Å². The van der Waals surface area contributed by atoms with Crippen LogP contribution in [0.4, 0.5) is 0 Å². The second-order valence-corrected chi connectivity index (χ2v) is 7.79. The molecule has 2 aliphatic heterocycles. The number of hydrogen-bond acceptors (Lipinski definition) is 3. The molecule has 142 valence electrons. The second-order valence-electron chi connectivity index (χ2n) is 7.38. The molecule has 4 nitrogen and oxygen atoms in total. The third-order valence-electron chi connectivity index (χ3n) is 5.76. The summed E-state index contributed by atoms with van der Waals surface area (Å²) in [7, 11) is 0. The maximum absolute atomic E-state index is 13.0. The van der Waals surface area contributed by atoms with Crippen molar-refractivity contribution in [2.45, 2.75) is 19.4 Å². The molecule has 0 spiro atoms. The molecule has 0 saturated carbocycles. The van der Waals surface area contributed by atoms with Crippen molar-refractivity contribution >= 4 is 17.5 Å². The Morgan fingerprint density at radius 3 is 2.56 bits per heavy atom. The SMILES string of the molecule is CC(c1ccccc1Cl)N1CCN(C(=O)C2COc3ccccc3C2)CC1. The largest absolute Gasteiger partial charge is 0.492 e. The Hall–Kier alpha value is -2.04. The number of fused-ring (bicyclic) bond motifs is 1. The van der Waals surface area contributed by atoms with Crippen LogP contribution in [0.2, 0.25) is 5.02 Å². The van der Waals surface area contributed by atoms with Crippen LogP contribution in [0, 0.1) is 5.92 Å². The lowest BCUT2D eigenvalue weighted by molar-refractivity contribution is -0.139. The summed E-state index contributed by atoms with van der Waals surface area (Å²) in [5.74, 6) is 1.06. The van der Waals surface area contributed by atoms with Crippen molar-refractivity contribution < 1.29 is 9.53 Å². The van der Waals surface area contributed by atoms with E-state index in [0.29, 0.717) is 6.61 Å². The van der Waals surface area contributed by atoms with Gasteiger partial charge in [0.25, 0.3) is 0 Å². The summed E-state index contributed by atoms with van der Waals surface area (Å²) < 4.78 is 5.81. The number of ether oxygens (including phenoxy) is 1. The maximum Gasteiger partial charge on any atom is 0.229 e. The third kappa shape index (κ3) is 3.83. The van der Waals surface area contributed by atoms with Gasteiger partial charge in [-0.05, 0) is 36.6 Å². The Morgan fingerprint density at radius 1 is 1.07 bits per heavy atom. The van der Waals surface area contributed by atoms with Gasteiger partial charge in [-0.3, -0.25) is 9.69 Å². The van der Waals surface area contributed by atoms with Crippen LogP contribution in [0.1, 0.15) is 24.1 Å². The van der Waals surface area contributed by atoms with Gasteiger partial charge in [0, 0.05) is 37.2 Å². The van der Waals surface area contributed by atoms with Crippen molar-refractivity contribution in [3.8, 4) is 5.75 Å². The molecule has 1 fully saturated rings. The van der Waals surface area contributed by atoms with Gasteiger partial charge in [-0.2, -0.15) is 0 Å². The molecule has 2 aromatic carbocycles. The lowest BCUT2D eigenvalue weighted by Gasteiger charge is -2.40. The van der Waals surface area contributed by atoms with E-state index in [2.05, 4.69) is 24.0 Å². The molecule has 2 aliphatic rings. The molecule has 5 heteroatoms. The maximum atomic E-state index is 13.0. The number of carbonyl (C=O) groups is 1. The summed E-state index contributed by atoms with van der Waals surface area (Å²) in [5, 5.41) is 0.807. The monoisotopic (exact) mass is 384 g/mol. The number of para-hydroxylation sites is 1.